The van der Waals surface area contributed by atoms with E-state index in [2.05, 4.69) is 5.16 Å². The smallest absolute Gasteiger partial charge is 0.184 e. The van der Waals surface area contributed by atoms with Gasteiger partial charge in [0, 0.05) is 18.4 Å². The van der Waals surface area contributed by atoms with Gasteiger partial charge in [-0.2, -0.15) is 0 Å². The van der Waals surface area contributed by atoms with Crippen LogP contribution in [0.3, 0.4) is 0 Å². The minimum absolute atomic E-state index is 0.0623. The van der Waals surface area contributed by atoms with Gasteiger partial charge in [0.1, 0.15) is 17.2 Å². The third-order valence-corrected chi connectivity index (χ3v) is 4.71. The van der Waals surface area contributed by atoms with E-state index >= 15 is 0 Å². The fourth-order valence-electron chi connectivity index (χ4n) is 3.56. The van der Waals surface area contributed by atoms with Crippen molar-refractivity contribution in [3.63, 3.8) is 0 Å². The van der Waals surface area contributed by atoms with Crippen LogP contribution in [0.4, 0.5) is 0 Å². The van der Waals surface area contributed by atoms with Crippen LogP contribution in [-0.2, 0) is 15.9 Å². The number of fused-ring (bicyclic) bond motifs is 1. The lowest BCUT2D eigenvalue weighted by molar-refractivity contribution is -0.182. The molecular formula is C19H21NO5. The Kier molecular flexibility index (Phi) is 4.31. The van der Waals surface area contributed by atoms with Crippen molar-refractivity contribution in [2.75, 3.05) is 20.3 Å². The summed E-state index contributed by atoms with van der Waals surface area (Å²) in [6.45, 7) is 3.31. The molecule has 6 heteroatoms. The van der Waals surface area contributed by atoms with Gasteiger partial charge in [0.2, 0.25) is 0 Å². The maximum absolute atomic E-state index is 12.6. The molecule has 1 aliphatic heterocycles. The normalized spacial score (nSPS) is 21.2. The first kappa shape index (κ1) is 16.3. The first-order chi connectivity index (χ1) is 12.2. The fourth-order valence-corrected chi connectivity index (χ4v) is 3.56. The fraction of sp³-hybridized carbons (Fsp3) is 0.474. The Hall–Kier alpha value is -2.18. The Morgan fingerprint density at radius 1 is 1.16 bits per heavy atom. The van der Waals surface area contributed by atoms with Gasteiger partial charge in [-0.05, 0) is 18.4 Å². The summed E-state index contributed by atoms with van der Waals surface area (Å²) in [4.78, 5) is 12.6. The van der Waals surface area contributed by atoms with Crippen molar-refractivity contribution in [2.24, 2.45) is 5.92 Å². The van der Waals surface area contributed by atoms with Crippen LogP contribution in [0.1, 0.15) is 47.7 Å². The third kappa shape index (κ3) is 2.85. The molecule has 0 unspecified atom stereocenters. The van der Waals surface area contributed by atoms with Crippen LogP contribution in [0.5, 0.6) is 5.75 Å². The highest BCUT2D eigenvalue weighted by atomic mass is 16.7. The van der Waals surface area contributed by atoms with Crippen LogP contribution in [0.2, 0.25) is 0 Å². The van der Waals surface area contributed by atoms with Crippen molar-refractivity contribution in [3.05, 3.63) is 35.1 Å². The summed E-state index contributed by atoms with van der Waals surface area (Å²) >= 11 is 0. The molecule has 1 fully saturated rings. The third-order valence-electron chi connectivity index (χ3n) is 4.71. The second-order valence-electron chi connectivity index (χ2n) is 6.62. The molecule has 4 rings (SSSR count). The predicted molar refractivity (Wildman–Crippen MR) is 89.6 cm³/mol. The lowest BCUT2D eigenvalue weighted by Gasteiger charge is -2.26. The Labute approximate surface area is 146 Å². The molecule has 2 heterocycles. The van der Waals surface area contributed by atoms with Gasteiger partial charge in [0.05, 0.1) is 31.5 Å². The molecule has 0 N–H and O–H groups in total. The monoisotopic (exact) mass is 343 g/mol. The zero-order valence-corrected chi connectivity index (χ0v) is 14.4. The van der Waals surface area contributed by atoms with Gasteiger partial charge in [-0.3, -0.25) is 4.79 Å². The topological polar surface area (TPSA) is 70.8 Å². The Morgan fingerprint density at radius 2 is 1.96 bits per heavy atom. The van der Waals surface area contributed by atoms with Crippen molar-refractivity contribution in [2.45, 2.75) is 32.5 Å². The maximum Gasteiger partial charge on any atom is 0.184 e. The Balaban J connectivity index is 1.87. The quantitative estimate of drug-likeness (QED) is 0.849. The minimum atomic E-state index is -0.496. The number of methoxy groups -OCH3 is 1. The van der Waals surface area contributed by atoms with Crippen LogP contribution in [-0.4, -0.2) is 31.3 Å². The number of carbonyl (C=O) groups is 1. The van der Waals surface area contributed by atoms with E-state index in [1.807, 2.05) is 25.1 Å². The molecule has 1 aliphatic carbocycles. The molecule has 1 atom stereocenters. The zero-order valence-electron chi connectivity index (χ0n) is 14.4. The van der Waals surface area contributed by atoms with Crippen LogP contribution in [0, 0.1) is 5.92 Å². The van der Waals surface area contributed by atoms with Gasteiger partial charge in [0.15, 0.2) is 12.1 Å². The zero-order chi connectivity index (χ0) is 17.4. The van der Waals surface area contributed by atoms with Gasteiger partial charge in [-0.1, -0.05) is 24.2 Å². The lowest BCUT2D eigenvalue weighted by atomic mass is 9.85. The number of aromatic nitrogens is 1. The highest BCUT2D eigenvalue weighted by Crippen LogP contribution is 2.42. The van der Waals surface area contributed by atoms with Crippen molar-refractivity contribution < 1.29 is 23.5 Å². The Morgan fingerprint density at radius 3 is 2.72 bits per heavy atom. The van der Waals surface area contributed by atoms with Crippen molar-refractivity contribution >= 4 is 5.78 Å². The molecule has 0 amide bonds. The highest BCUT2D eigenvalue weighted by molar-refractivity contribution is 6.04. The molecule has 0 radical (unpaired) electrons. The number of Topliss-reactive ketones (excluding diaryl/α,β-unsaturated/α-hetero) is 1. The Bertz CT molecular complexity index is 791. The van der Waals surface area contributed by atoms with Gasteiger partial charge >= 0.3 is 0 Å². The SMILES string of the molecule is COc1cccc(C2OCCCO2)c1-c1noc2c1C(=O)C[C@H](C)C2. The van der Waals surface area contributed by atoms with Crippen LogP contribution < -0.4 is 4.74 Å². The highest BCUT2D eigenvalue weighted by Gasteiger charge is 2.34. The largest absolute Gasteiger partial charge is 0.496 e. The number of benzene rings is 1. The summed E-state index contributed by atoms with van der Waals surface area (Å²) in [6.07, 6.45) is 1.59. The van der Waals surface area contributed by atoms with Gasteiger partial charge < -0.3 is 18.7 Å². The molecule has 2 aliphatic rings. The van der Waals surface area contributed by atoms with Crippen LogP contribution in [0.25, 0.3) is 11.3 Å². The second-order valence-corrected chi connectivity index (χ2v) is 6.62. The number of hydrogen-bond acceptors (Lipinski definition) is 6. The number of ether oxygens (including phenoxy) is 3. The predicted octanol–water partition coefficient (Wildman–Crippen LogP) is 3.55. The number of rotatable bonds is 3. The number of carbonyl (C=O) groups excluding carboxylic acids is 1. The van der Waals surface area contributed by atoms with Gasteiger partial charge in [-0.15, -0.1) is 0 Å². The standard InChI is InChI=1S/C19H21NO5/c1-11-9-13(21)17-15(10-11)25-20-18(17)16-12(5-3-6-14(16)22-2)19-23-7-4-8-24-19/h3,5-6,11,19H,4,7-10H2,1-2H3/t11-/m0/s1. The molecule has 1 saturated heterocycles. The van der Waals surface area contributed by atoms with Crippen LogP contribution >= 0.6 is 0 Å². The molecule has 132 valence electrons. The molecule has 0 bridgehead atoms. The summed E-state index contributed by atoms with van der Waals surface area (Å²) in [5, 5.41) is 4.23. The summed E-state index contributed by atoms with van der Waals surface area (Å²) in [5.41, 5.74) is 2.61. The van der Waals surface area contributed by atoms with E-state index < -0.39 is 6.29 Å². The molecule has 1 aromatic heterocycles. The summed E-state index contributed by atoms with van der Waals surface area (Å²) in [7, 11) is 1.60. The molecule has 2 aromatic rings. The average Bonchev–Trinajstić information content (AvgIpc) is 3.05. The first-order valence-corrected chi connectivity index (χ1v) is 8.61. The first-order valence-electron chi connectivity index (χ1n) is 8.61. The van der Waals surface area contributed by atoms with E-state index in [1.54, 1.807) is 7.11 Å². The van der Waals surface area contributed by atoms with Gasteiger partial charge in [-0.25, -0.2) is 0 Å². The molecular weight excluding hydrogens is 322 g/mol. The summed E-state index contributed by atoms with van der Waals surface area (Å²) < 4.78 is 22.6. The average molecular weight is 343 g/mol. The van der Waals surface area contributed by atoms with Crippen molar-refractivity contribution in [3.8, 4) is 17.0 Å². The van der Waals surface area contributed by atoms with Crippen molar-refractivity contribution in [1.82, 2.24) is 5.16 Å². The lowest BCUT2D eigenvalue weighted by Crippen LogP contribution is -2.19. The van der Waals surface area contributed by atoms with E-state index in [0.717, 1.165) is 18.4 Å². The van der Waals surface area contributed by atoms with Gasteiger partial charge in [0.25, 0.3) is 0 Å². The molecule has 1 aromatic carbocycles. The molecule has 0 spiro atoms. The molecule has 25 heavy (non-hydrogen) atoms. The van der Waals surface area contributed by atoms with Crippen molar-refractivity contribution in [1.29, 1.82) is 0 Å². The summed E-state index contributed by atoms with van der Waals surface area (Å²) in [5.74, 6) is 1.61. The van der Waals surface area contributed by atoms with E-state index in [0.29, 0.717) is 48.0 Å². The van der Waals surface area contributed by atoms with E-state index in [-0.39, 0.29) is 11.7 Å². The minimum Gasteiger partial charge on any atom is -0.496 e. The maximum atomic E-state index is 12.6. The van der Waals surface area contributed by atoms with E-state index in [4.69, 9.17) is 18.7 Å². The van der Waals surface area contributed by atoms with E-state index in [9.17, 15) is 4.79 Å². The number of nitrogens with zero attached hydrogens (tertiary/aromatic N) is 1. The summed E-state index contributed by atoms with van der Waals surface area (Å²) in [6, 6.07) is 5.65. The second kappa shape index (κ2) is 6.61. The molecule has 0 saturated carbocycles. The number of hydrogen-bond donors (Lipinski definition) is 0. The molecule has 6 nitrogen and oxygen atoms in total. The van der Waals surface area contributed by atoms with E-state index in [1.165, 1.54) is 0 Å². The van der Waals surface area contributed by atoms with Crippen LogP contribution in [0.15, 0.2) is 22.7 Å². The number of ketones is 1.